The lowest BCUT2D eigenvalue weighted by Crippen LogP contribution is -2.29. The van der Waals surface area contributed by atoms with E-state index in [1.165, 1.54) is 11.0 Å². The molecule has 21 heavy (non-hydrogen) atoms. The molecule has 0 aliphatic rings. The first-order chi connectivity index (χ1) is 10.2. The molecule has 3 N–H and O–H groups in total. The van der Waals surface area contributed by atoms with Gasteiger partial charge in [-0.25, -0.2) is 9.67 Å². The molecule has 0 bridgehead atoms. The third-order valence-electron chi connectivity index (χ3n) is 2.83. The molecule has 7 nitrogen and oxygen atoms in total. The maximum absolute atomic E-state index is 11.7. The van der Waals surface area contributed by atoms with Gasteiger partial charge < -0.3 is 15.8 Å². The van der Waals surface area contributed by atoms with E-state index in [4.69, 9.17) is 10.5 Å². The minimum absolute atomic E-state index is 0.102. The number of nitrogens with one attached hydrogen (secondary N) is 1. The van der Waals surface area contributed by atoms with Gasteiger partial charge in [-0.1, -0.05) is 12.1 Å². The number of carbonyl (C=O) groups is 1. The van der Waals surface area contributed by atoms with Crippen LogP contribution in [0.2, 0.25) is 0 Å². The Balaban J connectivity index is 1.90. The molecule has 2 aromatic rings. The number of aromatic nitrogens is 3. The van der Waals surface area contributed by atoms with E-state index in [1.54, 1.807) is 19.2 Å². The molecule has 0 unspecified atom stereocenters. The number of nitrogens with two attached hydrogens (primary N) is 1. The minimum Gasteiger partial charge on any atom is -0.399 e. The normalized spacial score (nSPS) is 10.5. The van der Waals surface area contributed by atoms with Crippen molar-refractivity contribution in [3.63, 3.8) is 0 Å². The van der Waals surface area contributed by atoms with Crippen molar-refractivity contribution in [2.45, 2.75) is 13.0 Å². The first kappa shape index (κ1) is 15.0. The zero-order chi connectivity index (χ0) is 15.1. The zero-order valence-electron chi connectivity index (χ0n) is 12.0. The van der Waals surface area contributed by atoms with E-state index in [-0.39, 0.29) is 12.5 Å². The predicted molar refractivity (Wildman–Crippen MR) is 79.4 cm³/mol. The maximum atomic E-state index is 11.7. The molecular weight excluding hydrogens is 270 g/mol. The van der Waals surface area contributed by atoms with Gasteiger partial charge in [0.15, 0.2) is 5.82 Å². The summed E-state index contributed by atoms with van der Waals surface area (Å²) in [5, 5.41) is 7.07. The molecule has 0 fully saturated rings. The summed E-state index contributed by atoms with van der Waals surface area (Å²) >= 11 is 0. The molecule has 0 atom stereocenters. The van der Waals surface area contributed by atoms with Crippen LogP contribution in [0.15, 0.2) is 30.6 Å². The molecule has 1 aromatic heterocycles. The molecular formula is C14H19N5O2. The first-order valence-corrected chi connectivity index (χ1v) is 6.70. The quantitative estimate of drug-likeness (QED) is 0.577. The highest BCUT2D eigenvalue weighted by Crippen LogP contribution is 2.16. The molecule has 0 aliphatic carbocycles. The van der Waals surface area contributed by atoms with Crippen LogP contribution in [0.25, 0.3) is 11.4 Å². The molecule has 0 saturated carbocycles. The summed E-state index contributed by atoms with van der Waals surface area (Å²) in [6.45, 7) is 1.36. The van der Waals surface area contributed by atoms with Crippen LogP contribution in [0.5, 0.6) is 0 Å². The number of hydrogen-bond donors (Lipinski definition) is 2. The van der Waals surface area contributed by atoms with Crippen LogP contribution in [0.1, 0.15) is 6.42 Å². The summed E-state index contributed by atoms with van der Waals surface area (Å²) in [6.07, 6.45) is 2.32. The average molecular weight is 289 g/mol. The van der Waals surface area contributed by atoms with Crippen LogP contribution in [-0.4, -0.2) is 40.9 Å². The van der Waals surface area contributed by atoms with Crippen LogP contribution >= 0.6 is 0 Å². The molecule has 0 aliphatic heterocycles. The second-order valence-corrected chi connectivity index (χ2v) is 4.59. The number of carbonyl (C=O) groups excluding carboxylic acids is 1. The molecule has 7 heteroatoms. The van der Waals surface area contributed by atoms with E-state index >= 15 is 0 Å². The SMILES string of the molecule is COCCCNC(=O)Cn1cnc(-c2cccc(N)c2)n1. The number of nitrogen functional groups attached to an aromatic ring is 1. The Labute approximate surface area is 123 Å². The van der Waals surface area contributed by atoms with Gasteiger partial charge in [-0.3, -0.25) is 4.79 Å². The van der Waals surface area contributed by atoms with E-state index in [0.717, 1.165) is 12.0 Å². The van der Waals surface area contributed by atoms with Gasteiger partial charge in [0.2, 0.25) is 5.91 Å². The summed E-state index contributed by atoms with van der Waals surface area (Å²) in [7, 11) is 1.63. The van der Waals surface area contributed by atoms with Crippen molar-refractivity contribution in [1.82, 2.24) is 20.1 Å². The number of anilines is 1. The van der Waals surface area contributed by atoms with Gasteiger partial charge in [0, 0.05) is 31.5 Å². The van der Waals surface area contributed by atoms with E-state index in [9.17, 15) is 4.79 Å². The smallest absolute Gasteiger partial charge is 0.241 e. The van der Waals surface area contributed by atoms with Crippen LogP contribution in [-0.2, 0) is 16.1 Å². The third kappa shape index (κ3) is 4.57. The number of benzene rings is 1. The standard InChI is InChI=1S/C14H19N5O2/c1-21-7-3-6-16-13(20)9-19-10-17-14(18-19)11-4-2-5-12(15)8-11/h2,4-5,8,10H,3,6-7,9,15H2,1H3,(H,16,20). The number of hydrogen-bond acceptors (Lipinski definition) is 5. The Morgan fingerprint density at radius 1 is 1.48 bits per heavy atom. The van der Waals surface area contributed by atoms with Gasteiger partial charge in [0.25, 0.3) is 0 Å². The van der Waals surface area contributed by atoms with Crippen LogP contribution in [0.4, 0.5) is 5.69 Å². The third-order valence-corrected chi connectivity index (χ3v) is 2.83. The molecule has 0 radical (unpaired) electrons. The van der Waals surface area contributed by atoms with Crippen molar-refractivity contribution in [2.75, 3.05) is 26.0 Å². The Morgan fingerprint density at radius 3 is 3.10 bits per heavy atom. The van der Waals surface area contributed by atoms with Gasteiger partial charge in [0.05, 0.1) is 0 Å². The van der Waals surface area contributed by atoms with Gasteiger partial charge in [-0.2, -0.15) is 5.10 Å². The van der Waals surface area contributed by atoms with Crippen LogP contribution < -0.4 is 11.1 Å². The highest BCUT2D eigenvalue weighted by Gasteiger charge is 2.07. The van der Waals surface area contributed by atoms with Gasteiger partial charge in [0.1, 0.15) is 12.9 Å². The number of nitrogens with zero attached hydrogens (tertiary/aromatic N) is 3. The van der Waals surface area contributed by atoms with Gasteiger partial charge in [-0.15, -0.1) is 0 Å². The molecule has 0 saturated heterocycles. The Hall–Kier alpha value is -2.41. The van der Waals surface area contributed by atoms with Crippen molar-refractivity contribution in [3.8, 4) is 11.4 Å². The lowest BCUT2D eigenvalue weighted by molar-refractivity contribution is -0.121. The van der Waals surface area contributed by atoms with E-state index in [2.05, 4.69) is 15.4 Å². The van der Waals surface area contributed by atoms with Crippen LogP contribution in [0.3, 0.4) is 0 Å². The van der Waals surface area contributed by atoms with E-state index < -0.39 is 0 Å². The zero-order valence-corrected chi connectivity index (χ0v) is 12.0. The average Bonchev–Trinajstić information content (AvgIpc) is 2.92. The molecule has 1 aromatic carbocycles. The summed E-state index contributed by atoms with van der Waals surface area (Å²) in [6, 6.07) is 7.31. The number of rotatable bonds is 7. The second kappa shape index (κ2) is 7.39. The second-order valence-electron chi connectivity index (χ2n) is 4.59. The minimum atomic E-state index is -0.102. The topological polar surface area (TPSA) is 95.1 Å². The number of methoxy groups -OCH3 is 1. The predicted octanol–water partition coefficient (Wildman–Crippen LogP) is 0.680. The number of amides is 1. The largest absolute Gasteiger partial charge is 0.399 e. The summed E-state index contributed by atoms with van der Waals surface area (Å²) in [4.78, 5) is 15.9. The van der Waals surface area contributed by atoms with Crippen molar-refractivity contribution in [1.29, 1.82) is 0 Å². The monoisotopic (exact) mass is 289 g/mol. The Morgan fingerprint density at radius 2 is 2.33 bits per heavy atom. The molecule has 1 amide bonds. The Bertz CT molecular complexity index is 597. The molecule has 0 spiro atoms. The fraction of sp³-hybridized carbons (Fsp3) is 0.357. The van der Waals surface area contributed by atoms with Crippen LogP contribution in [0, 0.1) is 0 Å². The lowest BCUT2D eigenvalue weighted by Gasteiger charge is -2.04. The number of ether oxygens (including phenoxy) is 1. The highest BCUT2D eigenvalue weighted by molar-refractivity contribution is 5.75. The van der Waals surface area contributed by atoms with Crippen molar-refractivity contribution in [2.24, 2.45) is 0 Å². The highest BCUT2D eigenvalue weighted by atomic mass is 16.5. The summed E-state index contributed by atoms with van der Waals surface area (Å²) < 4.78 is 6.42. The van der Waals surface area contributed by atoms with Crippen molar-refractivity contribution in [3.05, 3.63) is 30.6 Å². The lowest BCUT2D eigenvalue weighted by atomic mass is 10.2. The van der Waals surface area contributed by atoms with Crippen molar-refractivity contribution < 1.29 is 9.53 Å². The maximum Gasteiger partial charge on any atom is 0.241 e. The fourth-order valence-corrected chi connectivity index (χ4v) is 1.83. The fourth-order valence-electron chi connectivity index (χ4n) is 1.83. The summed E-state index contributed by atoms with van der Waals surface area (Å²) in [5.74, 6) is 0.449. The van der Waals surface area contributed by atoms with Gasteiger partial charge >= 0.3 is 0 Å². The van der Waals surface area contributed by atoms with Gasteiger partial charge in [-0.05, 0) is 18.6 Å². The summed E-state index contributed by atoms with van der Waals surface area (Å²) in [5.41, 5.74) is 7.21. The molecule has 112 valence electrons. The molecule has 1 heterocycles. The molecule has 2 rings (SSSR count). The van der Waals surface area contributed by atoms with E-state index in [0.29, 0.717) is 24.7 Å². The van der Waals surface area contributed by atoms with Crippen molar-refractivity contribution >= 4 is 11.6 Å². The first-order valence-electron chi connectivity index (χ1n) is 6.70. The Kier molecular flexibility index (Phi) is 5.28. The van der Waals surface area contributed by atoms with E-state index in [1.807, 2.05) is 12.1 Å².